The van der Waals surface area contributed by atoms with Crippen LogP contribution in [0.25, 0.3) is 0 Å². The molecule has 1 aliphatic carbocycles. The first-order chi connectivity index (χ1) is 7.75. The molecule has 1 atom stereocenters. The third-order valence-corrected chi connectivity index (χ3v) is 4.82. The monoisotopic (exact) mass is 224 g/mol. The number of aliphatic hydroxyl groups excluding tert-OH is 1. The Balaban J connectivity index is 1.67. The van der Waals surface area contributed by atoms with Crippen molar-refractivity contribution < 1.29 is 9.90 Å². The molecule has 0 aromatic heterocycles. The van der Waals surface area contributed by atoms with Gasteiger partial charge in [0.25, 0.3) is 0 Å². The number of hydrogen-bond donors (Lipinski definition) is 2. The Hall–Kier alpha value is -0.610. The molecule has 0 radical (unpaired) electrons. The van der Waals surface area contributed by atoms with Crippen LogP contribution in [0.3, 0.4) is 0 Å². The Morgan fingerprint density at radius 2 is 2.19 bits per heavy atom. The second-order valence-corrected chi connectivity index (χ2v) is 5.67. The average Bonchev–Trinajstić information content (AvgIpc) is 2.53. The number of rotatable bonds is 2. The highest BCUT2D eigenvalue weighted by Crippen LogP contribution is 2.51. The van der Waals surface area contributed by atoms with Crippen LogP contribution in [0.15, 0.2) is 0 Å². The molecular weight excluding hydrogens is 204 g/mol. The maximum Gasteiger partial charge on any atom is 0.228 e. The lowest BCUT2D eigenvalue weighted by Gasteiger charge is -2.42. The number of carbonyl (C=O) groups excluding carboxylic acids is 1. The van der Waals surface area contributed by atoms with Crippen LogP contribution in [0, 0.1) is 17.3 Å². The minimum Gasteiger partial charge on any atom is -0.396 e. The van der Waals surface area contributed by atoms with Gasteiger partial charge in [0.15, 0.2) is 0 Å². The number of hydrogen-bond acceptors (Lipinski definition) is 3. The maximum atomic E-state index is 12.1. The van der Waals surface area contributed by atoms with Crippen molar-refractivity contribution in [2.75, 3.05) is 32.8 Å². The Morgan fingerprint density at radius 1 is 1.44 bits per heavy atom. The van der Waals surface area contributed by atoms with Gasteiger partial charge in [-0.2, -0.15) is 0 Å². The zero-order valence-corrected chi connectivity index (χ0v) is 9.61. The van der Waals surface area contributed by atoms with Crippen molar-refractivity contribution in [3.05, 3.63) is 0 Å². The van der Waals surface area contributed by atoms with Crippen LogP contribution in [-0.2, 0) is 4.79 Å². The van der Waals surface area contributed by atoms with E-state index in [2.05, 4.69) is 5.32 Å². The zero-order valence-electron chi connectivity index (χ0n) is 9.61. The summed E-state index contributed by atoms with van der Waals surface area (Å²) in [7, 11) is 0. The highest BCUT2D eigenvalue weighted by atomic mass is 16.3. The van der Waals surface area contributed by atoms with Crippen LogP contribution < -0.4 is 5.32 Å². The summed E-state index contributed by atoms with van der Waals surface area (Å²) in [4.78, 5) is 14.1. The summed E-state index contributed by atoms with van der Waals surface area (Å²) in [5, 5.41) is 12.6. The molecule has 1 amide bonds. The molecule has 0 aromatic rings. The molecule has 2 aliphatic heterocycles. The Kier molecular flexibility index (Phi) is 2.44. The van der Waals surface area contributed by atoms with Crippen molar-refractivity contribution in [1.29, 1.82) is 0 Å². The maximum absolute atomic E-state index is 12.1. The van der Waals surface area contributed by atoms with Gasteiger partial charge in [-0.1, -0.05) is 6.42 Å². The fourth-order valence-corrected chi connectivity index (χ4v) is 3.37. The van der Waals surface area contributed by atoms with Crippen LogP contribution in [0.1, 0.15) is 19.3 Å². The number of aliphatic hydroxyl groups is 1. The molecule has 3 fully saturated rings. The third-order valence-electron chi connectivity index (χ3n) is 4.82. The summed E-state index contributed by atoms with van der Waals surface area (Å²) in [6.45, 7) is 3.60. The van der Waals surface area contributed by atoms with Crippen LogP contribution in [-0.4, -0.2) is 48.7 Å². The molecule has 0 unspecified atom stereocenters. The first-order valence-corrected chi connectivity index (χ1v) is 6.35. The first-order valence-electron chi connectivity index (χ1n) is 6.35. The van der Waals surface area contributed by atoms with E-state index < -0.39 is 0 Å². The SMILES string of the molecule is O=C(C1CNC1)N1C[C@H](CO)C2(CCC2)C1. The van der Waals surface area contributed by atoms with E-state index in [4.69, 9.17) is 0 Å². The van der Waals surface area contributed by atoms with Crippen molar-refractivity contribution in [2.45, 2.75) is 19.3 Å². The van der Waals surface area contributed by atoms with Gasteiger partial charge in [0.1, 0.15) is 0 Å². The van der Waals surface area contributed by atoms with Crippen molar-refractivity contribution in [1.82, 2.24) is 10.2 Å². The summed E-state index contributed by atoms with van der Waals surface area (Å²) in [5.74, 6) is 0.841. The summed E-state index contributed by atoms with van der Waals surface area (Å²) in [6, 6.07) is 0. The molecule has 0 aromatic carbocycles. The van der Waals surface area contributed by atoms with Crippen LogP contribution in [0.4, 0.5) is 0 Å². The molecule has 4 heteroatoms. The molecule has 4 nitrogen and oxygen atoms in total. The smallest absolute Gasteiger partial charge is 0.228 e. The van der Waals surface area contributed by atoms with E-state index in [9.17, 15) is 9.90 Å². The molecular formula is C12H20N2O2. The Morgan fingerprint density at radius 3 is 2.56 bits per heavy atom. The molecule has 2 saturated heterocycles. The summed E-state index contributed by atoms with van der Waals surface area (Å²) in [6.07, 6.45) is 3.67. The van der Waals surface area contributed by atoms with E-state index >= 15 is 0 Å². The van der Waals surface area contributed by atoms with Gasteiger partial charge in [-0.05, 0) is 18.3 Å². The topological polar surface area (TPSA) is 52.6 Å². The average molecular weight is 224 g/mol. The van der Waals surface area contributed by atoms with Crippen molar-refractivity contribution in [3.8, 4) is 0 Å². The zero-order chi connectivity index (χ0) is 11.2. The quantitative estimate of drug-likeness (QED) is 0.684. The van der Waals surface area contributed by atoms with E-state index in [0.717, 1.165) is 26.2 Å². The van der Waals surface area contributed by atoms with Gasteiger partial charge in [0.2, 0.25) is 5.91 Å². The van der Waals surface area contributed by atoms with E-state index in [1.165, 1.54) is 19.3 Å². The number of nitrogens with one attached hydrogen (secondary N) is 1. The van der Waals surface area contributed by atoms with Crippen LogP contribution in [0.2, 0.25) is 0 Å². The van der Waals surface area contributed by atoms with Gasteiger partial charge < -0.3 is 15.3 Å². The largest absolute Gasteiger partial charge is 0.396 e. The van der Waals surface area contributed by atoms with Gasteiger partial charge in [-0.3, -0.25) is 4.79 Å². The fourth-order valence-electron chi connectivity index (χ4n) is 3.37. The predicted octanol–water partition coefficient (Wildman–Crippen LogP) is -0.173. The van der Waals surface area contributed by atoms with E-state index in [1.54, 1.807) is 0 Å². The minimum absolute atomic E-state index is 0.203. The molecule has 2 heterocycles. The van der Waals surface area contributed by atoms with Gasteiger partial charge in [0, 0.05) is 38.7 Å². The van der Waals surface area contributed by atoms with E-state index in [0.29, 0.717) is 11.8 Å². The molecule has 3 rings (SSSR count). The van der Waals surface area contributed by atoms with Gasteiger partial charge >= 0.3 is 0 Å². The molecule has 90 valence electrons. The highest BCUT2D eigenvalue weighted by molar-refractivity contribution is 5.80. The lowest BCUT2D eigenvalue weighted by molar-refractivity contribution is -0.136. The highest BCUT2D eigenvalue weighted by Gasteiger charge is 2.51. The number of carbonyl (C=O) groups is 1. The number of nitrogens with zero attached hydrogens (tertiary/aromatic N) is 1. The first kappa shape index (κ1) is 10.5. The second-order valence-electron chi connectivity index (χ2n) is 5.67. The standard InChI is InChI=1S/C12H20N2O2/c15-7-10-6-14(8-12(10)2-1-3-12)11(16)9-4-13-5-9/h9-10,13,15H,1-8H2/t10-/m1/s1. The molecule has 3 aliphatic rings. The summed E-state index contributed by atoms with van der Waals surface area (Å²) in [5.41, 5.74) is 0.279. The normalized spacial score (nSPS) is 32.6. The predicted molar refractivity (Wildman–Crippen MR) is 59.8 cm³/mol. The molecule has 1 saturated carbocycles. The second kappa shape index (κ2) is 3.70. The number of likely N-dealkylation sites (tertiary alicyclic amines) is 1. The molecule has 2 N–H and O–H groups in total. The van der Waals surface area contributed by atoms with Crippen molar-refractivity contribution in [2.24, 2.45) is 17.3 Å². The molecule has 16 heavy (non-hydrogen) atoms. The lowest BCUT2D eigenvalue weighted by atomic mass is 9.63. The van der Waals surface area contributed by atoms with Gasteiger partial charge in [-0.25, -0.2) is 0 Å². The molecule has 1 spiro atoms. The van der Waals surface area contributed by atoms with Crippen LogP contribution in [0.5, 0.6) is 0 Å². The van der Waals surface area contributed by atoms with E-state index in [-0.39, 0.29) is 17.9 Å². The molecule has 0 bridgehead atoms. The third kappa shape index (κ3) is 1.39. The Labute approximate surface area is 96.0 Å². The summed E-state index contributed by atoms with van der Waals surface area (Å²) >= 11 is 0. The van der Waals surface area contributed by atoms with Gasteiger partial charge in [-0.15, -0.1) is 0 Å². The lowest BCUT2D eigenvalue weighted by Crippen LogP contribution is -2.52. The van der Waals surface area contributed by atoms with Crippen LogP contribution >= 0.6 is 0 Å². The Bertz CT molecular complexity index is 297. The number of amides is 1. The van der Waals surface area contributed by atoms with Crippen molar-refractivity contribution in [3.63, 3.8) is 0 Å². The minimum atomic E-state index is 0.203. The summed E-state index contributed by atoms with van der Waals surface area (Å²) < 4.78 is 0. The fraction of sp³-hybridized carbons (Fsp3) is 0.917. The van der Waals surface area contributed by atoms with Crippen molar-refractivity contribution >= 4 is 5.91 Å². The van der Waals surface area contributed by atoms with E-state index in [1.807, 2.05) is 4.90 Å². The van der Waals surface area contributed by atoms with Gasteiger partial charge in [0.05, 0.1) is 5.92 Å².